The van der Waals surface area contributed by atoms with E-state index in [9.17, 15) is 27.2 Å². The van der Waals surface area contributed by atoms with E-state index in [1.807, 2.05) is 0 Å². The van der Waals surface area contributed by atoms with E-state index in [1.54, 1.807) is 0 Å². The fourth-order valence-electron chi connectivity index (χ4n) is 3.20. The molecule has 0 unspecified atom stereocenters. The zero-order valence-electron chi connectivity index (χ0n) is 17.4. The van der Waals surface area contributed by atoms with Crippen LogP contribution in [0.3, 0.4) is 0 Å². The van der Waals surface area contributed by atoms with Crippen molar-refractivity contribution in [2.45, 2.75) is 17.0 Å². The molecule has 0 bridgehead atoms. The van der Waals surface area contributed by atoms with Crippen LogP contribution < -0.4 is 11.2 Å². The summed E-state index contributed by atoms with van der Waals surface area (Å²) in [6.07, 6.45) is -4.43. The van der Waals surface area contributed by atoms with Gasteiger partial charge in [-0.3, -0.25) is 13.9 Å². The van der Waals surface area contributed by atoms with Crippen molar-refractivity contribution in [2.24, 2.45) is 14.1 Å². The summed E-state index contributed by atoms with van der Waals surface area (Å²) in [6, 6.07) is 10.1. The first kappa shape index (κ1) is 22.7. The van der Waals surface area contributed by atoms with E-state index in [0.29, 0.717) is 11.1 Å². The summed E-state index contributed by atoms with van der Waals surface area (Å²) in [7, 11) is 2.80. The number of fused-ring (bicyclic) bond motifs is 1. The Bertz CT molecular complexity index is 1460. The second-order valence-electron chi connectivity index (χ2n) is 7.25. The average Bonchev–Trinajstić information content (AvgIpc) is 2.79. The predicted octanol–water partition coefficient (Wildman–Crippen LogP) is 4.14. The van der Waals surface area contributed by atoms with Gasteiger partial charge in [0.1, 0.15) is 16.2 Å². The zero-order valence-corrected chi connectivity index (χ0v) is 18.2. The Kier molecular flexibility index (Phi) is 5.83. The highest BCUT2D eigenvalue weighted by molar-refractivity contribution is 7.98. The molecule has 11 heteroatoms. The van der Waals surface area contributed by atoms with Crippen molar-refractivity contribution < 1.29 is 17.6 Å². The third-order valence-corrected chi connectivity index (χ3v) is 6.07. The molecule has 6 nitrogen and oxygen atoms in total. The number of thioether (sulfide) groups is 1. The molecule has 4 rings (SSSR count). The van der Waals surface area contributed by atoms with Crippen LogP contribution in [0.1, 0.15) is 11.1 Å². The number of hydrogen-bond donors (Lipinski definition) is 0. The summed E-state index contributed by atoms with van der Waals surface area (Å²) >= 11 is 1.13. The maximum absolute atomic E-state index is 13.4. The lowest BCUT2D eigenvalue weighted by Gasteiger charge is -2.12. The van der Waals surface area contributed by atoms with Crippen molar-refractivity contribution in [3.8, 4) is 11.4 Å². The van der Waals surface area contributed by atoms with Crippen molar-refractivity contribution in [1.29, 1.82) is 0 Å². The van der Waals surface area contributed by atoms with E-state index >= 15 is 0 Å². The lowest BCUT2D eigenvalue weighted by atomic mass is 10.1. The molecular formula is C22H16F4N4O2S. The molecule has 4 aromatic rings. The number of halogens is 4. The number of nitrogens with zero attached hydrogens (tertiary/aromatic N) is 4. The minimum Gasteiger partial charge on any atom is -0.280 e. The van der Waals surface area contributed by atoms with Crippen LogP contribution >= 0.6 is 11.8 Å². The number of aryl methyl sites for hydroxylation is 1. The first-order valence-electron chi connectivity index (χ1n) is 9.59. The Balaban J connectivity index is 1.82. The molecular weight excluding hydrogens is 460 g/mol. The van der Waals surface area contributed by atoms with E-state index in [0.717, 1.165) is 28.5 Å². The predicted molar refractivity (Wildman–Crippen MR) is 116 cm³/mol. The van der Waals surface area contributed by atoms with Crippen LogP contribution in [0.5, 0.6) is 0 Å². The van der Waals surface area contributed by atoms with Crippen LogP contribution in [-0.2, 0) is 26.0 Å². The van der Waals surface area contributed by atoms with Gasteiger partial charge in [0.2, 0.25) is 0 Å². The van der Waals surface area contributed by atoms with Gasteiger partial charge in [-0.05, 0) is 42.0 Å². The molecule has 2 aromatic heterocycles. The molecule has 0 aliphatic rings. The topological polar surface area (TPSA) is 69.8 Å². The van der Waals surface area contributed by atoms with Gasteiger partial charge < -0.3 is 0 Å². The number of rotatable bonds is 4. The first-order chi connectivity index (χ1) is 15.6. The zero-order chi connectivity index (χ0) is 23.9. The quantitative estimate of drug-likeness (QED) is 0.252. The van der Waals surface area contributed by atoms with Gasteiger partial charge >= 0.3 is 11.9 Å². The largest absolute Gasteiger partial charge is 0.416 e. The van der Waals surface area contributed by atoms with E-state index in [-0.39, 0.29) is 27.6 Å². The summed E-state index contributed by atoms with van der Waals surface area (Å²) in [5.41, 5.74) is -0.755. The minimum atomic E-state index is -4.43. The third-order valence-electron chi connectivity index (χ3n) is 5.03. The van der Waals surface area contributed by atoms with Gasteiger partial charge in [0.15, 0.2) is 11.5 Å². The summed E-state index contributed by atoms with van der Waals surface area (Å²) in [6.45, 7) is 0. The van der Waals surface area contributed by atoms with Gasteiger partial charge in [-0.25, -0.2) is 19.2 Å². The number of hydrogen-bond acceptors (Lipinski definition) is 5. The molecule has 0 saturated carbocycles. The van der Waals surface area contributed by atoms with Gasteiger partial charge in [0.05, 0.1) is 5.56 Å². The van der Waals surface area contributed by atoms with Crippen LogP contribution in [0.2, 0.25) is 0 Å². The van der Waals surface area contributed by atoms with Crippen molar-refractivity contribution in [3.05, 3.63) is 86.3 Å². The van der Waals surface area contributed by atoms with Gasteiger partial charge in [0.25, 0.3) is 5.56 Å². The highest BCUT2D eigenvalue weighted by atomic mass is 32.2. The average molecular weight is 476 g/mol. The van der Waals surface area contributed by atoms with Crippen molar-refractivity contribution >= 4 is 22.8 Å². The fourth-order valence-corrected chi connectivity index (χ4v) is 4.17. The summed E-state index contributed by atoms with van der Waals surface area (Å²) in [5.74, 6) is -0.0441. The molecule has 33 heavy (non-hydrogen) atoms. The molecule has 2 aromatic carbocycles. The molecule has 0 spiro atoms. The molecule has 0 atom stereocenters. The molecule has 0 saturated heterocycles. The molecule has 0 aliphatic heterocycles. The summed E-state index contributed by atoms with van der Waals surface area (Å²) in [5, 5.41) is 0.373. The lowest BCUT2D eigenvalue weighted by Crippen LogP contribution is -2.37. The monoisotopic (exact) mass is 476 g/mol. The lowest BCUT2D eigenvalue weighted by molar-refractivity contribution is -0.137. The normalized spacial score (nSPS) is 11.8. The second-order valence-corrected chi connectivity index (χ2v) is 8.21. The standard InChI is InChI=1S/C22H16F4N4O2S/c1-29-18-16(20(31)30(2)21(29)32)19(28-17(27-18)13-5-9-15(23)10-6-13)33-11-12-3-7-14(8-4-12)22(24,25)26/h3-10H,11H2,1-2H3. The van der Waals surface area contributed by atoms with Gasteiger partial charge in [0, 0.05) is 25.4 Å². The first-order valence-corrected chi connectivity index (χ1v) is 10.6. The van der Waals surface area contributed by atoms with Crippen LogP contribution in [0.15, 0.2) is 63.1 Å². The Morgan fingerprint density at radius 3 is 2.15 bits per heavy atom. The van der Waals surface area contributed by atoms with Crippen LogP contribution in [0.25, 0.3) is 22.4 Å². The van der Waals surface area contributed by atoms with Gasteiger partial charge in [-0.15, -0.1) is 11.8 Å². The third kappa shape index (κ3) is 4.40. The van der Waals surface area contributed by atoms with E-state index in [2.05, 4.69) is 9.97 Å². The number of aromatic nitrogens is 4. The molecule has 0 radical (unpaired) electrons. The smallest absolute Gasteiger partial charge is 0.280 e. The van der Waals surface area contributed by atoms with E-state index < -0.39 is 28.8 Å². The molecule has 170 valence electrons. The van der Waals surface area contributed by atoms with Crippen molar-refractivity contribution in [1.82, 2.24) is 19.1 Å². The highest BCUT2D eigenvalue weighted by Crippen LogP contribution is 2.31. The summed E-state index contributed by atoms with van der Waals surface area (Å²) in [4.78, 5) is 34.1. The Morgan fingerprint density at radius 1 is 0.909 bits per heavy atom. The second kappa shape index (κ2) is 8.47. The number of benzene rings is 2. The van der Waals surface area contributed by atoms with Crippen LogP contribution in [0, 0.1) is 5.82 Å². The van der Waals surface area contributed by atoms with Crippen LogP contribution in [0.4, 0.5) is 17.6 Å². The maximum Gasteiger partial charge on any atom is 0.416 e. The molecule has 0 amide bonds. The van der Waals surface area contributed by atoms with E-state index in [4.69, 9.17) is 0 Å². The summed E-state index contributed by atoms with van der Waals surface area (Å²) < 4.78 is 54.0. The minimum absolute atomic E-state index is 0.104. The van der Waals surface area contributed by atoms with Crippen LogP contribution in [-0.4, -0.2) is 19.1 Å². The molecule has 0 fully saturated rings. The Labute approximate surface area is 188 Å². The highest BCUT2D eigenvalue weighted by Gasteiger charge is 2.30. The fraction of sp³-hybridized carbons (Fsp3) is 0.182. The van der Waals surface area contributed by atoms with Crippen molar-refractivity contribution in [2.75, 3.05) is 0 Å². The molecule has 0 N–H and O–H groups in total. The Hall–Kier alpha value is -3.47. The SMILES string of the molecule is Cn1c(=O)c2c(SCc3ccc(C(F)(F)F)cc3)nc(-c3ccc(F)cc3)nc2n(C)c1=O. The maximum atomic E-state index is 13.4. The molecule has 2 heterocycles. The number of alkyl halides is 3. The van der Waals surface area contributed by atoms with E-state index in [1.165, 1.54) is 55.1 Å². The Morgan fingerprint density at radius 2 is 1.55 bits per heavy atom. The van der Waals surface area contributed by atoms with Gasteiger partial charge in [-0.2, -0.15) is 13.2 Å². The molecule has 0 aliphatic carbocycles. The van der Waals surface area contributed by atoms with Gasteiger partial charge in [-0.1, -0.05) is 12.1 Å². The van der Waals surface area contributed by atoms with Crippen molar-refractivity contribution in [3.63, 3.8) is 0 Å².